The quantitative estimate of drug-likeness (QED) is 0.634. The summed E-state index contributed by atoms with van der Waals surface area (Å²) in [5.41, 5.74) is 0.769. The van der Waals surface area contributed by atoms with Crippen LogP contribution >= 0.6 is 0 Å². The Morgan fingerprint density at radius 1 is 1.42 bits per heavy atom. The maximum Gasteiger partial charge on any atom is 0.273 e. The first-order valence-corrected chi connectivity index (χ1v) is 6.39. The van der Waals surface area contributed by atoms with Crippen LogP contribution in [0.25, 0.3) is 0 Å². The van der Waals surface area contributed by atoms with Gasteiger partial charge in [-0.05, 0) is 12.8 Å². The van der Waals surface area contributed by atoms with Crippen LogP contribution in [0.15, 0.2) is 24.3 Å². The van der Waals surface area contributed by atoms with E-state index < -0.39 is 0 Å². The van der Waals surface area contributed by atoms with Crippen LogP contribution in [0.5, 0.6) is 0 Å². The summed E-state index contributed by atoms with van der Waals surface area (Å²) in [4.78, 5) is 21.9. The van der Waals surface area contributed by atoms with Gasteiger partial charge in [0.25, 0.3) is 5.69 Å². The smallest absolute Gasteiger partial charge is 0.273 e. The second-order valence-corrected chi connectivity index (χ2v) is 4.66. The number of nitro groups is 1. The lowest BCUT2D eigenvalue weighted by Crippen LogP contribution is -2.32. The number of nitro benzene ring substituents is 1. The van der Waals surface area contributed by atoms with Crippen LogP contribution in [0.4, 0.5) is 5.69 Å². The first-order chi connectivity index (χ1) is 9.16. The summed E-state index contributed by atoms with van der Waals surface area (Å²) in [6.07, 6.45) is 2.26. The molecule has 6 heteroatoms. The highest BCUT2D eigenvalue weighted by molar-refractivity contribution is 5.76. The second-order valence-electron chi connectivity index (χ2n) is 4.66. The molecule has 0 aromatic heterocycles. The average Bonchev–Trinajstić information content (AvgIpc) is 2.61. The summed E-state index contributed by atoms with van der Waals surface area (Å²) in [5, 5.41) is 16.9. The van der Waals surface area contributed by atoms with E-state index in [1.54, 1.807) is 18.2 Å². The van der Waals surface area contributed by atoms with Gasteiger partial charge in [0.15, 0.2) is 0 Å². The fourth-order valence-electron chi connectivity index (χ4n) is 2.24. The van der Waals surface area contributed by atoms with Crippen LogP contribution in [0.1, 0.15) is 24.8 Å². The van der Waals surface area contributed by atoms with Crippen molar-refractivity contribution < 1.29 is 9.72 Å². The number of nitrogens with one attached hydrogen (secondary N) is 2. The minimum Gasteiger partial charge on any atom is -0.356 e. The molecule has 2 N–H and O–H groups in total. The summed E-state index contributed by atoms with van der Waals surface area (Å²) in [6.45, 7) is 1.12. The van der Waals surface area contributed by atoms with Gasteiger partial charge in [-0.3, -0.25) is 14.9 Å². The molecule has 0 aliphatic carbocycles. The summed E-state index contributed by atoms with van der Waals surface area (Å²) >= 11 is 0. The molecule has 1 saturated heterocycles. The Bertz CT molecular complexity index is 476. The Balaban J connectivity index is 1.98. The van der Waals surface area contributed by atoms with E-state index in [4.69, 9.17) is 0 Å². The van der Waals surface area contributed by atoms with Gasteiger partial charge in [0, 0.05) is 37.2 Å². The highest BCUT2D eigenvalue weighted by atomic mass is 16.6. The number of para-hydroxylation sites is 1. The number of rotatable bonds is 4. The van der Waals surface area contributed by atoms with Gasteiger partial charge in [0.1, 0.15) is 0 Å². The largest absolute Gasteiger partial charge is 0.356 e. The Hall–Kier alpha value is -1.95. The Kier molecular flexibility index (Phi) is 4.46. The van der Waals surface area contributed by atoms with Crippen molar-refractivity contribution >= 4 is 11.6 Å². The van der Waals surface area contributed by atoms with E-state index in [0.717, 1.165) is 12.8 Å². The lowest BCUT2D eigenvalue weighted by Gasteiger charge is -2.15. The number of nitrogens with zero attached hydrogens (tertiary/aromatic N) is 1. The number of amides is 1. The molecular weight excluding hydrogens is 246 g/mol. The molecule has 2 rings (SSSR count). The Morgan fingerprint density at radius 3 is 3.00 bits per heavy atom. The Labute approximate surface area is 111 Å². The van der Waals surface area contributed by atoms with E-state index in [1.807, 2.05) is 0 Å². The van der Waals surface area contributed by atoms with Gasteiger partial charge in [-0.15, -0.1) is 0 Å². The molecule has 0 radical (unpaired) electrons. The first-order valence-electron chi connectivity index (χ1n) is 6.39. The molecule has 1 fully saturated rings. The van der Waals surface area contributed by atoms with Crippen molar-refractivity contribution in [2.75, 3.05) is 6.54 Å². The molecule has 102 valence electrons. The summed E-state index contributed by atoms with van der Waals surface area (Å²) < 4.78 is 0. The Morgan fingerprint density at radius 2 is 2.21 bits per heavy atom. The van der Waals surface area contributed by atoms with E-state index in [0.29, 0.717) is 25.1 Å². The molecule has 1 aromatic carbocycles. The van der Waals surface area contributed by atoms with E-state index in [9.17, 15) is 14.9 Å². The first kappa shape index (κ1) is 13.5. The van der Waals surface area contributed by atoms with Crippen molar-refractivity contribution in [1.29, 1.82) is 0 Å². The van der Waals surface area contributed by atoms with Crippen LogP contribution in [0.3, 0.4) is 0 Å². The van der Waals surface area contributed by atoms with Crippen molar-refractivity contribution in [2.45, 2.75) is 31.8 Å². The molecule has 1 aromatic rings. The molecule has 1 aliphatic heterocycles. The second kappa shape index (κ2) is 6.29. The van der Waals surface area contributed by atoms with Crippen LogP contribution < -0.4 is 10.6 Å². The molecule has 0 spiro atoms. The van der Waals surface area contributed by atoms with E-state index >= 15 is 0 Å². The van der Waals surface area contributed by atoms with Gasteiger partial charge in [0.05, 0.1) is 4.92 Å². The lowest BCUT2D eigenvalue weighted by atomic mass is 10.1. The van der Waals surface area contributed by atoms with Crippen LogP contribution in [0.2, 0.25) is 0 Å². The maximum absolute atomic E-state index is 11.4. The number of carbonyl (C=O) groups excluding carboxylic acids is 1. The number of benzene rings is 1. The molecule has 19 heavy (non-hydrogen) atoms. The normalized spacial score (nSPS) is 19.6. The zero-order chi connectivity index (χ0) is 13.7. The van der Waals surface area contributed by atoms with Crippen molar-refractivity contribution in [1.82, 2.24) is 10.6 Å². The predicted octanol–water partition coefficient (Wildman–Crippen LogP) is 1.35. The summed E-state index contributed by atoms with van der Waals surface area (Å²) in [7, 11) is 0. The monoisotopic (exact) mass is 263 g/mol. The van der Waals surface area contributed by atoms with Gasteiger partial charge in [-0.1, -0.05) is 18.2 Å². The number of carbonyl (C=O) groups is 1. The van der Waals surface area contributed by atoms with E-state index in [-0.39, 0.29) is 22.6 Å². The van der Waals surface area contributed by atoms with Crippen LogP contribution in [-0.2, 0) is 11.3 Å². The molecule has 1 atom stereocenters. The fourth-order valence-corrected chi connectivity index (χ4v) is 2.24. The van der Waals surface area contributed by atoms with Gasteiger partial charge in [-0.2, -0.15) is 0 Å². The van der Waals surface area contributed by atoms with Gasteiger partial charge < -0.3 is 10.6 Å². The van der Waals surface area contributed by atoms with Gasteiger partial charge in [-0.25, -0.2) is 0 Å². The number of hydrogen-bond donors (Lipinski definition) is 2. The highest BCUT2D eigenvalue weighted by Crippen LogP contribution is 2.18. The highest BCUT2D eigenvalue weighted by Gasteiger charge is 2.18. The average molecular weight is 263 g/mol. The topological polar surface area (TPSA) is 84.3 Å². The lowest BCUT2D eigenvalue weighted by molar-refractivity contribution is -0.385. The standard InChI is InChI=1S/C13H17N3O3/c17-13-8-11(5-3-7-14-13)15-9-10-4-1-2-6-12(10)16(18)19/h1-2,4,6,11,15H,3,5,7-9H2,(H,14,17). The molecule has 1 heterocycles. The van der Waals surface area contributed by atoms with Crippen LogP contribution in [-0.4, -0.2) is 23.4 Å². The number of hydrogen-bond acceptors (Lipinski definition) is 4. The van der Waals surface area contributed by atoms with Gasteiger partial charge in [0.2, 0.25) is 5.91 Å². The van der Waals surface area contributed by atoms with Crippen molar-refractivity contribution in [2.24, 2.45) is 0 Å². The summed E-state index contributed by atoms with van der Waals surface area (Å²) in [5.74, 6) is 0.0394. The van der Waals surface area contributed by atoms with Crippen molar-refractivity contribution in [3.8, 4) is 0 Å². The minimum atomic E-state index is -0.378. The van der Waals surface area contributed by atoms with Crippen molar-refractivity contribution in [3.05, 3.63) is 39.9 Å². The molecule has 1 amide bonds. The third kappa shape index (κ3) is 3.75. The molecule has 6 nitrogen and oxygen atoms in total. The minimum absolute atomic E-state index is 0.0394. The third-order valence-corrected chi connectivity index (χ3v) is 3.25. The van der Waals surface area contributed by atoms with E-state index in [2.05, 4.69) is 10.6 Å². The van der Waals surface area contributed by atoms with Crippen LogP contribution in [0, 0.1) is 10.1 Å². The molecule has 0 bridgehead atoms. The zero-order valence-electron chi connectivity index (χ0n) is 10.6. The molecule has 1 aliphatic rings. The zero-order valence-corrected chi connectivity index (χ0v) is 10.6. The maximum atomic E-state index is 11.4. The molecular formula is C13H17N3O3. The summed E-state index contributed by atoms with van der Waals surface area (Å²) in [6, 6.07) is 6.76. The molecule has 1 unspecified atom stereocenters. The third-order valence-electron chi connectivity index (χ3n) is 3.25. The van der Waals surface area contributed by atoms with Gasteiger partial charge >= 0.3 is 0 Å². The SMILES string of the molecule is O=C1CC(NCc2ccccc2[N+](=O)[O-])CCCN1. The molecule has 0 saturated carbocycles. The predicted molar refractivity (Wildman–Crippen MR) is 70.6 cm³/mol. The fraction of sp³-hybridized carbons (Fsp3) is 0.462. The van der Waals surface area contributed by atoms with E-state index in [1.165, 1.54) is 6.07 Å². The van der Waals surface area contributed by atoms with Crippen molar-refractivity contribution in [3.63, 3.8) is 0 Å².